The molecule has 1 rings (SSSR count). The number of hydrogen-bond donors (Lipinski definition) is 2. The van der Waals surface area contributed by atoms with Crippen molar-refractivity contribution in [2.75, 3.05) is 52.9 Å². The lowest BCUT2D eigenvalue weighted by atomic mass is 9.67. The highest BCUT2D eigenvalue weighted by molar-refractivity contribution is 6.84. The summed E-state index contributed by atoms with van der Waals surface area (Å²) in [7, 11) is -3.57. The second-order valence-corrected chi connectivity index (χ2v) is 25.5. The van der Waals surface area contributed by atoms with Gasteiger partial charge in [-0.15, -0.1) is 0 Å². The molecule has 1 fully saturated rings. The molecule has 0 heterocycles. The summed E-state index contributed by atoms with van der Waals surface area (Å²) in [5, 5.41) is 6.05. The number of esters is 1. The van der Waals surface area contributed by atoms with Crippen molar-refractivity contribution in [1.29, 1.82) is 0 Å². The van der Waals surface area contributed by atoms with Crippen molar-refractivity contribution in [3.63, 3.8) is 0 Å². The fraction of sp³-hybridized carbons (Fsp3) is 0.865. The Morgan fingerprint density at radius 3 is 1.88 bits per heavy atom. The van der Waals surface area contributed by atoms with E-state index in [1.165, 1.54) is 0 Å². The Labute approximate surface area is 311 Å². The Bertz CT molecular complexity index is 1040. The van der Waals surface area contributed by atoms with Gasteiger partial charge >= 0.3 is 18.2 Å². The third kappa shape index (κ3) is 24.1. The monoisotopic (exact) mass is 760 g/mol. The first-order chi connectivity index (χ1) is 23.8. The Kier molecular flexibility index (Phi) is 21.8. The molecule has 14 heteroatoms. The van der Waals surface area contributed by atoms with Crippen LogP contribution in [0.15, 0.2) is 12.7 Å². The van der Waals surface area contributed by atoms with E-state index in [9.17, 15) is 14.4 Å². The van der Waals surface area contributed by atoms with Crippen molar-refractivity contribution in [3.8, 4) is 0 Å². The van der Waals surface area contributed by atoms with Crippen LogP contribution in [0.5, 0.6) is 0 Å². The normalized spacial score (nSPS) is 19.6. The van der Waals surface area contributed by atoms with E-state index in [1.807, 2.05) is 13.8 Å². The van der Waals surface area contributed by atoms with Crippen molar-refractivity contribution in [3.05, 3.63) is 12.7 Å². The van der Waals surface area contributed by atoms with Crippen LogP contribution >= 0.6 is 0 Å². The van der Waals surface area contributed by atoms with Gasteiger partial charge in [0.2, 0.25) is 0 Å². The number of hydrogen-bond acceptors (Lipinski definition) is 10. The molecular weight excluding hydrogens is 689 g/mol. The number of alkyl carbamates (subject to hydrolysis) is 2. The number of carbonyl (C=O) groups is 3. The third-order valence-corrected chi connectivity index (χ3v) is 15.9. The predicted molar refractivity (Wildman–Crippen MR) is 206 cm³/mol. The van der Waals surface area contributed by atoms with Gasteiger partial charge in [-0.05, 0) is 95.6 Å². The van der Waals surface area contributed by atoms with Crippen molar-refractivity contribution >= 4 is 34.8 Å². The van der Waals surface area contributed by atoms with Crippen LogP contribution in [0.25, 0.3) is 0 Å². The van der Waals surface area contributed by atoms with Gasteiger partial charge in [0.15, 0.2) is 16.6 Å². The maximum atomic E-state index is 12.9. The molecule has 0 spiro atoms. The van der Waals surface area contributed by atoms with Gasteiger partial charge in [-0.2, -0.15) is 0 Å². The van der Waals surface area contributed by atoms with Crippen LogP contribution in [-0.2, 0) is 37.3 Å². The molecule has 0 bridgehead atoms. The Balaban J connectivity index is 2.34. The molecule has 0 aromatic carbocycles. The zero-order chi connectivity index (χ0) is 38.6. The smallest absolute Gasteiger partial charge is 0.407 e. The summed E-state index contributed by atoms with van der Waals surface area (Å²) in [6.07, 6.45) is 4.88. The zero-order valence-corrected chi connectivity index (χ0v) is 35.6. The summed E-state index contributed by atoms with van der Waals surface area (Å²) in [6.45, 7) is 28.9. The Hall–Kier alpha value is -1.98. The zero-order valence-electron chi connectivity index (χ0n) is 33.6. The average Bonchev–Trinajstić information content (AvgIpc) is 2.97. The van der Waals surface area contributed by atoms with Gasteiger partial charge in [-0.25, -0.2) is 14.4 Å². The van der Waals surface area contributed by atoms with Gasteiger partial charge in [-0.1, -0.05) is 34.3 Å². The molecule has 2 N–H and O–H groups in total. The molecule has 0 radical (unpaired) electrons. The molecule has 51 heavy (non-hydrogen) atoms. The standard InChI is InChI=1S/C37H72N2O10Si2/c1-12-33(40)46-21-13-17-43-18-14-22-47-34(41)38-32-25-36(5,6)29-37(7,26-32)39-35(42)48-31(4)28-45-20-16-24-51(10,11)49-50(8,9)23-15-19-44-27-30(2)3/h12,30-32H,1,13-29H2,2-11H3,(H,38,41)(H,39,42). The Morgan fingerprint density at radius 1 is 0.765 bits per heavy atom. The van der Waals surface area contributed by atoms with Crippen LogP contribution in [0.1, 0.15) is 86.5 Å². The summed E-state index contributed by atoms with van der Waals surface area (Å²) < 4.78 is 39.8. The highest BCUT2D eigenvalue weighted by atomic mass is 28.4. The molecule has 1 saturated carbocycles. The molecule has 3 atom stereocenters. The van der Waals surface area contributed by atoms with E-state index in [-0.39, 0.29) is 24.7 Å². The van der Waals surface area contributed by atoms with E-state index in [0.717, 1.165) is 57.1 Å². The second kappa shape index (κ2) is 23.6. The van der Waals surface area contributed by atoms with Gasteiger partial charge in [0.1, 0.15) is 6.10 Å². The fourth-order valence-corrected chi connectivity index (χ4v) is 15.6. The molecule has 0 saturated heterocycles. The summed E-state index contributed by atoms with van der Waals surface area (Å²) in [5.41, 5.74) is -0.694. The lowest BCUT2D eigenvalue weighted by Gasteiger charge is -2.46. The van der Waals surface area contributed by atoms with E-state index >= 15 is 0 Å². The maximum absolute atomic E-state index is 12.9. The highest BCUT2D eigenvalue weighted by Crippen LogP contribution is 2.41. The molecule has 3 unspecified atom stereocenters. The van der Waals surface area contributed by atoms with Crippen LogP contribution in [0.4, 0.5) is 9.59 Å². The van der Waals surface area contributed by atoms with Crippen molar-refractivity contribution in [2.24, 2.45) is 11.3 Å². The van der Waals surface area contributed by atoms with E-state index in [4.69, 9.17) is 32.5 Å². The summed E-state index contributed by atoms with van der Waals surface area (Å²) >= 11 is 0. The number of ether oxygens (including phenoxy) is 6. The van der Waals surface area contributed by atoms with Gasteiger partial charge in [-0.3, -0.25) is 0 Å². The van der Waals surface area contributed by atoms with E-state index in [0.29, 0.717) is 51.6 Å². The third-order valence-electron chi connectivity index (χ3n) is 8.40. The first-order valence-corrected chi connectivity index (χ1v) is 25.1. The Morgan fingerprint density at radius 2 is 1.31 bits per heavy atom. The van der Waals surface area contributed by atoms with Gasteiger partial charge in [0, 0.05) is 63.5 Å². The van der Waals surface area contributed by atoms with Crippen molar-refractivity contribution < 1.29 is 46.9 Å². The topological polar surface area (TPSA) is 140 Å². The SMILES string of the molecule is C=CC(=O)OCCCOCCCOC(=O)NC1CC(C)(C)CC(C)(NC(=O)OC(C)COCCC[Si](C)(C)O[Si](C)(C)CCCOCC(C)C)C1. The molecule has 298 valence electrons. The number of carbonyl (C=O) groups excluding carboxylic acids is 3. The van der Waals surface area contributed by atoms with Crippen LogP contribution in [-0.4, -0.2) is 105 Å². The van der Waals surface area contributed by atoms with Crippen molar-refractivity contribution in [1.82, 2.24) is 10.6 Å². The predicted octanol–water partition coefficient (Wildman–Crippen LogP) is 7.59. The highest BCUT2D eigenvalue weighted by Gasteiger charge is 2.43. The van der Waals surface area contributed by atoms with Crippen LogP contribution in [0.2, 0.25) is 38.3 Å². The molecule has 12 nitrogen and oxygen atoms in total. The minimum atomic E-state index is -1.82. The first kappa shape index (κ1) is 47.0. The minimum Gasteiger partial charge on any atom is -0.462 e. The lowest BCUT2D eigenvalue weighted by Crippen LogP contribution is -2.57. The van der Waals surface area contributed by atoms with Crippen LogP contribution in [0, 0.1) is 11.3 Å². The molecule has 0 aliphatic heterocycles. The quantitative estimate of drug-likeness (QED) is 0.0298. The maximum Gasteiger partial charge on any atom is 0.407 e. The summed E-state index contributed by atoms with van der Waals surface area (Å²) in [5.74, 6) is 0.111. The summed E-state index contributed by atoms with van der Waals surface area (Å²) in [4.78, 5) is 36.5. The molecule has 1 aliphatic rings. The van der Waals surface area contributed by atoms with Crippen molar-refractivity contribution in [2.45, 2.75) is 142 Å². The molecule has 1 aliphatic carbocycles. The van der Waals surface area contributed by atoms with Gasteiger partial charge in [0.05, 0.1) is 19.8 Å². The molecule has 0 aromatic rings. The molecule has 0 aromatic heterocycles. The minimum absolute atomic E-state index is 0.124. The number of amides is 2. The van der Waals surface area contributed by atoms with Gasteiger partial charge < -0.3 is 43.2 Å². The van der Waals surface area contributed by atoms with E-state index in [2.05, 4.69) is 71.1 Å². The van der Waals surface area contributed by atoms with Crippen LogP contribution in [0.3, 0.4) is 0 Å². The van der Waals surface area contributed by atoms with E-state index < -0.39 is 46.4 Å². The molecular formula is C37H72N2O10Si2. The van der Waals surface area contributed by atoms with Crippen LogP contribution < -0.4 is 10.6 Å². The number of rotatable bonds is 26. The largest absolute Gasteiger partial charge is 0.462 e. The van der Waals surface area contributed by atoms with Gasteiger partial charge in [0.25, 0.3) is 0 Å². The first-order valence-electron chi connectivity index (χ1n) is 18.9. The lowest BCUT2D eigenvalue weighted by molar-refractivity contribution is -0.138. The molecule has 2 amide bonds. The second-order valence-electron chi connectivity index (χ2n) is 16.7. The fourth-order valence-electron chi connectivity index (χ4n) is 6.82. The number of nitrogens with one attached hydrogen (secondary N) is 2. The van der Waals surface area contributed by atoms with E-state index in [1.54, 1.807) is 0 Å². The average molecular weight is 761 g/mol. The summed E-state index contributed by atoms with van der Waals surface area (Å²) in [6, 6.07) is 1.95.